The fourth-order valence-electron chi connectivity index (χ4n) is 5.66. The summed E-state index contributed by atoms with van der Waals surface area (Å²) in [6, 6.07) is -0.0848. The van der Waals surface area contributed by atoms with Crippen LogP contribution in [0.5, 0.6) is 0 Å². The van der Waals surface area contributed by atoms with Gasteiger partial charge in [-0.15, -0.1) is 0 Å². The number of allylic oxidation sites excluding steroid dienone is 2. The van der Waals surface area contributed by atoms with E-state index in [0.29, 0.717) is 12.3 Å². The van der Waals surface area contributed by atoms with Crippen molar-refractivity contribution in [3.63, 3.8) is 0 Å². The molecule has 1 fully saturated rings. The molecule has 2 aliphatic heterocycles. The van der Waals surface area contributed by atoms with E-state index in [2.05, 4.69) is 39.1 Å². The predicted octanol–water partition coefficient (Wildman–Crippen LogP) is 2.91. The van der Waals surface area contributed by atoms with Crippen LogP contribution in [0.1, 0.15) is 54.4 Å². The molecular weight excluding hydrogens is 394 g/mol. The smallest absolute Gasteiger partial charge is 0.331 e. The van der Waals surface area contributed by atoms with E-state index < -0.39 is 29.7 Å². The molecule has 3 N–H and O–H groups in total. The number of hydrogen-bond acceptors (Lipinski definition) is 5. The number of nitrogens with one attached hydrogen (secondary N) is 1. The van der Waals surface area contributed by atoms with Gasteiger partial charge in [0.15, 0.2) is 0 Å². The lowest BCUT2D eigenvalue weighted by molar-refractivity contribution is -0.172. The molecule has 3 rings (SSSR count). The van der Waals surface area contributed by atoms with E-state index in [1.807, 2.05) is 19.9 Å². The van der Waals surface area contributed by atoms with Crippen LogP contribution in [0, 0.1) is 29.6 Å². The first-order chi connectivity index (χ1) is 14.5. The lowest BCUT2D eigenvalue weighted by Crippen LogP contribution is -2.56. The van der Waals surface area contributed by atoms with Gasteiger partial charge in [-0.2, -0.15) is 0 Å². The Morgan fingerprint density at radius 2 is 1.87 bits per heavy atom. The van der Waals surface area contributed by atoms with Crippen LogP contribution in [0.2, 0.25) is 0 Å². The van der Waals surface area contributed by atoms with Gasteiger partial charge in [-0.05, 0) is 50.5 Å². The van der Waals surface area contributed by atoms with Crippen molar-refractivity contribution in [2.45, 2.75) is 78.2 Å². The number of aliphatic hydroxyl groups excluding tert-OH is 2. The topological polar surface area (TPSA) is 95.9 Å². The first-order valence-corrected chi connectivity index (χ1v) is 11.4. The highest BCUT2D eigenvalue weighted by molar-refractivity contribution is 5.94. The number of rotatable bonds is 2. The average Bonchev–Trinajstić information content (AvgIpc) is 2.94. The second kappa shape index (κ2) is 8.91. The highest BCUT2D eigenvalue weighted by Crippen LogP contribution is 2.51. The maximum Gasteiger partial charge on any atom is 0.331 e. The minimum absolute atomic E-state index is 0.0728. The summed E-state index contributed by atoms with van der Waals surface area (Å²) in [6.07, 6.45) is 5.66. The van der Waals surface area contributed by atoms with Gasteiger partial charge < -0.3 is 20.3 Å². The molecule has 0 aromatic rings. The van der Waals surface area contributed by atoms with E-state index in [1.54, 1.807) is 0 Å². The summed E-state index contributed by atoms with van der Waals surface area (Å²) >= 11 is 0. The van der Waals surface area contributed by atoms with E-state index in [1.165, 1.54) is 11.6 Å². The summed E-state index contributed by atoms with van der Waals surface area (Å²) < 4.78 is 6.02. The van der Waals surface area contributed by atoms with Gasteiger partial charge in [-0.3, -0.25) is 4.79 Å². The largest absolute Gasteiger partial charge is 0.444 e. The fraction of sp³-hybridized carbons (Fsp3) is 0.680. The van der Waals surface area contributed by atoms with Gasteiger partial charge in [0.1, 0.15) is 0 Å². The third kappa shape index (κ3) is 4.37. The normalized spacial score (nSPS) is 44.0. The second-order valence-corrected chi connectivity index (χ2v) is 10.2. The maximum absolute atomic E-state index is 13.5. The van der Waals surface area contributed by atoms with Crippen molar-refractivity contribution < 1.29 is 24.5 Å². The zero-order valence-corrected chi connectivity index (χ0v) is 19.5. The molecule has 0 saturated carbocycles. The van der Waals surface area contributed by atoms with Gasteiger partial charge in [0, 0.05) is 24.0 Å². The lowest BCUT2D eigenvalue weighted by atomic mass is 9.63. The molecule has 1 saturated heterocycles. The van der Waals surface area contributed by atoms with Crippen LogP contribution in [0.15, 0.2) is 35.5 Å². The number of hydrogen-bond donors (Lipinski definition) is 3. The molecule has 3 aliphatic rings. The third-order valence-corrected chi connectivity index (χ3v) is 7.26. The van der Waals surface area contributed by atoms with E-state index in [4.69, 9.17) is 4.74 Å². The van der Waals surface area contributed by atoms with E-state index in [-0.39, 0.29) is 29.7 Å². The Bertz CT molecular complexity index is 813. The van der Waals surface area contributed by atoms with Crippen LogP contribution < -0.4 is 5.32 Å². The molecule has 6 heteroatoms. The fourth-order valence-corrected chi connectivity index (χ4v) is 5.66. The second-order valence-electron chi connectivity index (χ2n) is 10.2. The quantitative estimate of drug-likeness (QED) is 0.462. The Hall–Kier alpha value is -1.92. The monoisotopic (exact) mass is 431 g/mol. The van der Waals surface area contributed by atoms with Gasteiger partial charge >= 0.3 is 5.97 Å². The van der Waals surface area contributed by atoms with Gasteiger partial charge in [0.05, 0.1) is 12.2 Å². The summed E-state index contributed by atoms with van der Waals surface area (Å²) in [5, 5.41) is 23.8. The Morgan fingerprint density at radius 1 is 1.19 bits per heavy atom. The molecule has 6 nitrogen and oxygen atoms in total. The van der Waals surface area contributed by atoms with Crippen molar-refractivity contribution in [1.29, 1.82) is 0 Å². The molecule has 1 spiro atoms. The maximum atomic E-state index is 13.5. The van der Waals surface area contributed by atoms with Gasteiger partial charge in [0.2, 0.25) is 5.60 Å². The number of esters is 1. The van der Waals surface area contributed by atoms with E-state index >= 15 is 0 Å². The molecule has 1 amide bonds. The summed E-state index contributed by atoms with van der Waals surface area (Å²) in [4.78, 5) is 26.3. The number of carbonyl (C=O) groups is 2. The standard InChI is InChI=1S/C25H37NO5/c1-13(2)9-19-22-17(6)15(4)12-18-11-14(3)10-16(5)23(29)20(27)7-8-21(28)31-25(18,22)24(30)26-19/h7-8,11-13,16-20,22-23,27,29H,9-10H2,1-6H3,(H,26,30)/b8-7+,14-11+/t16-,17+,18-,19-,20+,22-,23-,25+/m0/s1. The van der Waals surface area contributed by atoms with Crippen LogP contribution in [0.3, 0.4) is 0 Å². The Morgan fingerprint density at radius 3 is 2.52 bits per heavy atom. The number of carbonyl (C=O) groups excluding carboxylic acids is 2. The summed E-state index contributed by atoms with van der Waals surface area (Å²) in [5.74, 6) is -1.26. The van der Waals surface area contributed by atoms with Gasteiger partial charge in [-0.1, -0.05) is 51.0 Å². The third-order valence-electron chi connectivity index (χ3n) is 7.26. The first kappa shape index (κ1) is 23.7. The zero-order chi connectivity index (χ0) is 23.1. The SMILES string of the molecule is CC1=C[C@@H]2/C=C(\C)C[C@H](C)[C@H](O)[C@H](O)/C=C/C(=O)O[C@]23C(=O)N[C@@H](CC(C)C)[C@@H]3[C@@H]1C. The van der Waals surface area contributed by atoms with Crippen LogP contribution in [0.4, 0.5) is 0 Å². The van der Waals surface area contributed by atoms with E-state index in [0.717, 1.165) is 18.1 Å². The highest BCUT2D eigenvalue weighted by atomic mass is 16.6. The lowest BCUT2D eigenvalue weighted by Gasteiger charge is -2.45. The molecule has 0 aromatic heterocycles. The molecule has 0 radical (unpaired) electrons. The van der Waals surface area contributed by atoms with Gasteiger partial charge in [-0.25, -0.2) is 4.79 Å². The Balaban J connectivity index is 2.15. The zero-order valence-electron chi connectivity index (χ0n) is 19.5. The van der Waals surface area contributed by atoms with Crippen molar-refractivity contribution in [1.82, 2.24) is 5.32 Å². The van der Waals surface area contributed by atoms with Crippen LogP contribution >= 0.6 is 0 Å². The summed E-state index contributed by atoms with van der Waals surface area (Å²) in [7, 11) is 0. The Labute approximate surface area is 185 Å². The number of aliphatic hydroxyl groups is 2. The van der Waals surface area contributed by atoms with Crippen molar-refractivity contribution in [3.05, 3.63) is 35.5 Å². The Kier molecular flexibility index (Phi) is 6.82. The van der Waals surface area contributed by atoms with Crippen molar-refractivity contribution in [2.24, 2.45) is 29.6 Å². The molecule has 0 aromatic carbocycles. The molecule has 8 atom stereocenters. The van der Waals surface area contributed by atoms with Gasteiger partial charge in [0.25, 0.3) is 5.91 Å². The minimum Gasteiger partial charge on any atom is -0.444 e. The highest BCUT2D eigenvalue weighted by Gasteiger charge is 2.64. The number of amides is 1. The molecule has 2 heterocycles. The van der Waals surface area contributed by atoms with Crippen molar-refractivity contribution in [3.8, 4) is 0 Å². The van der Waals surface area contributed by atoms with E-state index in [9.17, 15) is 19.8 Å². The molecule has 172 valence electrons. The average molecular weight is 432 g/mol. The summed E-state index contributed by atoms with van der Waals surface area (Å²) in [6.45, 7) is 12.2. The number of ether oxygens (including phenoxy) is 1. The molecule has 0 unspecified atom stereocenters. The minimum atomic E-state index is -1.33. The van der Waals surface area contributed by atoms with Crippen LogP contribution in [0.25, 0.3) is 0 Å². The molecule has 0 bridgehead atoms. The molecule has 31 heavy (non-hydrogen) atoms. The predicted molar refractivity (Wildman–Crippen MR) is 119 cm³/mol. The van der Waals surface area contributed by atoms with Crippen molar-refractivity contribution >= 4 is 11.9 Å². The molecule has 1 aliphatic carbocycles. The summed E-state index contributed by atoms with van der Waals surface area (Å²) in [5.41, 5.74) is 0.844. The van der Waals surface area contributed by atoms with Crippen molar-refractivity contribution in [2.75, 3.05) is 0 Å². The van der Waals surface area contributed by atoms with Crippen LogP contribution in [-0.2, 0) is 14.3 Å². The molecular formula is C25H37NO5. The van der Waals surface area contributed by atoms with Crippen LogP contribution in [-0.4, -0.2) is 45.9 Å². The first-order valence-electron chi connectivity index (χ1n) is 11.4.